The molecule has 3 heterocycles. The van der Waals surface area contributed by atoms with Gasteiger partial charge in [-0.15, -0.1) is 0 Å². The van der Waals surface area contributed by atoms with Gasteiger partial charge >= 0.3 is 7.82 Å². The van der Waals surface area contributed by atoms with Crippen LogP contribution in [0.1, 0.15) is 13.8 Å². The van der Waals surface area contributed by atoms with E-state index in [1.165, 1.54) is 6.92 Å². The van der Waals surface area contributed by atoms with Crippen molar-refractivity contribution in [3.63, 3.8) is 0 Å². The Morgan fingerprint density at radius 2 is 1.30 bits per heavy atom. The van der Waals surface area contributed by atoms with Crippen LogP contribution in [0.3, 0.4) is 0 Å². The number of phosphoric ester groups is 1. The molecule has 0 aliphatic carbocycles. The molecule has 3 rings (SSSR count). The van der Waals surface area contributed by atoms with Crippen molar-refractivity contribution in [2.24, 2.45) is 0 Å². The third-order valence-corrected chi connectivity index (χ3v) is 7.16. The fraction of sp³-hybridized carbons (Fsp3) is 0.950. The number of aliphatic hydroxyl groups is 8. The lowest BCUT2D eigenvalue weighted by Gasteiger charge is -2.48. The minimum atomic E-state index is -5.22. The zero-order valence-electron chi connectivity index (χ0n) is 21.3. The average molecular weight is 609 g/mol. The van der Waals surface area contributed by atoms with Gasteiger partial charge in [-0.05, 0) is 6.92 Å². The van der Waals surface area contributed by atoms with Crippen molar-refractivity contribution in [2.75, 3.05) is 13.2 Å². The largest absolute Gasteiger partial charge is 0.472 e. The first kappa shape index (κ1) is 33.6. The standard InChI is InChI=1S/C20H36NO18P/c1-5-10(25)13(28)17(20(34-5)39-40(31,32)33)38-19-15(30)14(29)16(8(4-23)36-19)37-18-9(21-6(2)24)12(27)11(26)7(3-22)35-18/h5,7-20,22-23,25-30H,3-4H2,1-2H3,(H,21,24)(H2,31,32,33)/t5-,7+,8+,9-,10-,11+,12+,13+,14+,15+,16+,17+,18-,19+,20-/m0/s1. The molecule has 0 aromatic carbocycles. The van der Waals surface area contributed by atoms with Crippen molar-refractivity contribution in [2.45, 2.75) is 106 Å². The Morgan fingerprint density at radius 3 is 1.85 bits per heavy atom. The quantitative estimate of drug-likeness (QED) is 0.108. The van der Waals surface area contributed by atoms with Crippen LogP contribution in [-0.2, 0) is 37.6 Å². The summed E-state index contributed by atoms with van der Waals surface area (Å²) in [5.74, 6) is -0.666. The van der Waals surface area contributed by atoms with Crippen LogP contribution in [0.4, 0.5) is 0 Å². The first-order chi connectivity index (χ1) is 18.6. The molecule has 0 unspecified atom stereocenters. The summed E-state index contributed by atoms with van der Waals surface area (Å²) in [6.07, 6.45) is -24.0. The van der Waals surface area contributed by atoms with E-state index in [1.54, 1.807) is 0 Å². The molecule has 0 radical (unpaired) electrons. The van der Waals surface area contributed by atoms with Crippen LogP contribution in [0.5, 0.6) is 0 Å². The number of carbonyl (C=O) groups excluding carboxylic acids is 1. The van der Waals surface area contributed by atoms with Gasteiger partial charge in [0, 0.05) is 6.92 Å². The predicted octanol–water partition coefficient (Wildman–Crippen LogP) is -6.28. The number of ether oxygens (including phenoxy) is 5. The Balaban J connectivity index is 1.80. The average Bonchev–Trinajstić information content (AvgIpc) is 2.87. The van der Waals surface area contributed by atoms with Crippen molar-refractivity contribution < 1.29 is 88.2 Å². The van der Waals surface area contributed by atoms with Crippen LogP contribution in [0.2, 0.25) is 0 Å². The second-order valence-electron chi connectivity index (χ2n) is 9.63. The van der Waals surface area contributed by atoms with Gasteiger partial charge in [0.1, 0.15) is 67.1 Å². The molecule has 0 aromatic heterocycles. The van der Waals surface area contributed by atoms with E-state index >= 15 is 0 Å². The first-order valence-corrected chi connectivity index (χ1v) is 13.7. The van der Waals surface area contributed by atoms with E-state index < -0.39 is 119 Å². The lowest BCUT2D eigenvalue weighted by molar-refractivity contribution is -0.373. The Bertz CT molecular complexity index is 891. The van der Waals surface area contributed by atoms with Crippen molar-refractivity contribution >= 4 is 13.7 Å². The highest BCUT2D eigenvalue weighted by molar-refractivity contribution is 7.46. The molecule has 19 nitrogen and oxygen atoms in total. The third-order valence-electron chi connectivity index (χ3n) is 6.68. The third kappa shape index (κ3) is 7.52. The lowest BCUT2D eigenvalue weighted by Crippen LogP contribution is -2.68. The molecule has 3 fully saturated rings. The second kappa shape index (κ2) is 13.6. The molecule has 3 aliphatic heterocycles. The molecule has 234 valence electrons. The topological polar surface area (TPSA) is 304 Å². The molecule has 3 aliphatic rings. The maximum Gasteiger partial charge on any atom is 0.472 e. The van der Waals surface area contributed by atoms with Crippen LogP contribution in [0, 0.1) is 0 Å². The number of phosphoric acid groups is 1. The zero-order chi connectivity index (χ0) is 30.1. The van der Waals surface area contributed by atoms with Gasteiger partial charge in [0.15, 0.2) is 18.9 Å². The number of rotatable bonds is 9. The maximum atomic E-state index is 11.7. The van der Waals surface area contributed by atoms with Crippen LogP contribution in [0.25, 0.3) is 0 Å². The number of amides is 1. The Morgan fingerprint density at radius 1 is 0.750 bits per heavy atom. The fourth-order valence-electron chi connectivity index (χ4n) is 4.60. The number of aliphatic hydroxyl groups excluding tert-OH is 8. The lowest BCUT2D eigenvalue weighted by atomic mass is 9.95. The van der Waals surface area contributed by atoms with Gasteiger partial charge in [0.05, 0.1) is 19.3 Å². The summed E-state index contributed by atoms with van der Waals surface area (Å²) in [6.45, 7) is 0.703. The van der Waals surface area contributed by atoms with E-state index in [4.69, 9.17) is 23.7 Å². The van der Waals surface area contributed by atoms with E-state index in [0.717, 1.165) is 6.92 Å². The summed E-state index contributed by atoms with van der Waals surface area (Å²) in [5, 5.41) is 84.5. The molecular formula is C20H36NO18P. The summed E-state index contributed by atoms with van der Waals surface area (Å²) in [4.78, 5) is 30.1. The van der Waals surface area contributed by atoms with Gasteiger partial charge in [-0.1, -0.05) is 0 Å². The van der Waals surface area contributed by atoms with Gasteiger partial charge in [0.2, 0.25) is 5.91 Å². The molecule has 40 heavy (non-hydrogen) atoms. The number of hydrogen-bond acceptors (Lipinski definition) is 16. The van der Waals surface area contributed by atoms with E-state index in [0.29, 0.717) is 0 Å². The predicted molar refractivity (Wildman–Crippen MR) is 122 cm³/mol. The maximum absolute atomic E-state index is 11.7. The highest BCUT2D eigenvalue weighted by Crippen LogP contribution is 2.42. The Labute approximate surface area is 227 Å². The molecular weight excluding hydrogens is 573 g/mol. The summed E-state index contributed by atoms with van der Waals surface area (Å²) >= 11 is 0. The van der Waals surface area contributed by atoms with Gasteiger partial charge in [-0.3, -0.25) is 9.32 Å². The van der Waals surface area contributed by atoms with Gasteiger partial charge in [0.25, 0.3) is 0 Å². The molecule has 20 heteroatoms. The summed E-state index contributed by atoms with van der Waals surface area (Å²) in [6, 6.07) is -1.43. The van der Waals surface area contributed by atoms with E-state index in [1.807, 2.05) is 0 Å². The summed E-state index contributed by atoms with van der Waals surface area (Å²) < 4.78 is 43.0. The number of nitrogens with one attached hydrogen (secondary N) is 1. The highest BCUT2D eigenvalue weighted by atomic mass is 31.2. The van der Waals surface area contributed by atoms with E-state index in [2.05, 4.69) is 9.84 Å². The van der Waals surface area contributed by atoms with E-state index in [-0.39, 0.29) is 0 Å². The Kier molecular flexibility index (Phi) is 11.4. The minimum Gasteiger partial charge on any atom is -0.394 e. The molecule has 0 aromatic rings. The van der Waals surface area contributed by atoms with Crippen LogP contribution >= 0.6 is 7.82 Å². The van der Waals surface area contributed by atoms with Crippen LogP contribution in [-0.4, -0.2) is 162 Å². The zero-order valence-corrected chi connectivity index (χ0v) is 22.2. The monoisotopic (exact) mass is 609 g/mol. The fourth-order valence-corrected chi connectivity index (χ4v) is 5.04. The van der Waals surface area contributed by atoms with Crippen LogP contribution < -0.4 is 5.32 Å². The molecule has 1 amide bonds. The molecule has 11 N–H and O–H groups in total. The second-order valence-corrected chi connectivity index (χ2v) is 10.8. The summed E-state index contributed by atoms with van der Waals surface area (Å²) in [7, 11) is -5.22. The van der Waals surface area contributed by atoms with Crippen molar-refractivity contribution in [3.8, 4) is 0 Å². The van der Waals surface area contributed by atoms with Crippen molar-refractivity contribution in [1.82, 2.24) is 5.32 Å². The summed E-state index contributed by atoms with van der Waals surface area (Å²) in [5.41, 5.74) is 0. The minimum absolute atomic E-state index is 0.666. The molecule has 15 atom stereocenters. The SMILES string of the molecule is CC(=O)N[C@@H]1[C@H](O[C@H]2[C@H](O)[C@@H](O)[C@@H](O[C@H]3[C@H](OP(=O)(O)O)O[C@@H](C)[C@H](O)[C@H]3O)O[C@@H]2CO)O[C@H](CO)[C@@H](O)[C@@H]1O. The van der Waals surface area contributed by atoms with Gasteiger partial charge in [-0.2, -0.15) is 0 Å². The smallest absolute Gasteiger partial charge is 0.394 e. The molecule has 0 saturated carbocycles. The normalized spacial score (nSPS) is 46.6. The molecule has 3 saturated heterocycles. The highest BCUT2D eigenvalue weighted by Gasteiger charge is 2.54. The van der Waals surface area contributed by atoms with Crippen molar-refractivity contribution in [3.05, 3.63) is 0 Å². The van der Waals surface area contributed by atoms with E-state index in [9.17, 15) is 60.0 Å². The van der Waals surface area contributed by atoms with Gasteiger partial charge < -0.3 is 79.6 Å². The van der Waals surface area contributed by atoms with Crippen LogP contribution in [0.15, 0.2) is 0 Å². The van der Waals surface area contributed by atoms with Gasteiger partial charge in [-0.25, -0.2) is 4.57 Å². The first-order valence-electron chi connectivity index (χ1n) is 12.2. The van der Waals surface area contributed by atoms with Crippen molar-refractivity contribution in [1.29, 1.82) is 0 Å². The number of carbonyl (C=O) groups is 1. The molecule has 0 spiro atoms. The number of hydrogen-bond donors (Lipinski definition) is 11. The Hall–Kier alpha value is -0.940. The molecule has 0 bridgehead atoms.